The van der Waals surface area contributed by atoms with Gasteiger partial charge in [0.25, 0.3) is 0 Å². The van der Waals surface area contributed by atoms with E-state index in [0.717, 1.165) is 11.0 Å². The molecule has 0 aliphatic rings. The van der Waals surface area contributed by atoms with Crippen LogP contribution in [0, 0.1) is 13.8 Å². The summed E-state index contributed by atoms with van der Waals surface area (Å²) in [7, 11) is 0. The number of carboxylic acids is 1. The van der Waals surface area contributed by atoms with Crippen LogP contribution in [0.2, 0.25) is 0 Å². The Balaban J connectivity index is 1.92. The number of carboxylic acid groups (broad SMARTS) is 1. The summed E-state index contributed by atoms with van der Waals surface area (Å²) in [5, 5.41) is 19.8. The zero-order valence-corrected chi connectivity index (χ0v) is 11.8. The highest BCUT2D eigenvalue weighted by Gasteiger charge is 2.11. The Kier molecular flexibility index (Phi) is 2.98. The second kappa shape index (κ2) is 4.68. The third-order valence-corrected chi connectivity index (χ3v) is 3.92. The molecule has 0 unspecified atom stereocenters. The first-order chi connectivity index (χ1) is 9.52. The van der Waals surface area contributed by atoms with Crippen molar-refractivity contribution in [3.05, 3.63) is 39.3 Å². The average Bonchev–Trinajstić information content (AvgIpc) is 2.97. The molecule has 2 heterocycles. The predicted molar refractivity (Wildman–Crippen MR) is 75.2 cm³/mol. The van der Waals surface area contributed by atoms with Gasteiger partial charge in [-0.1, -0.05) is 0 Å². The number of benzene rings is 1. The maximum atomic E-state index is 10.8. The van der Waals surface area contributed by atoms with Crippen molar-refractivity contribution in [3.8, 4) is 0 Å². The maximum absolute atomic E-state index is 10.8. The number of rotatable bonds is 3. The van der Waals surface area contributed by atoms with Crippen LogP contribution in [-0.4, -0.2) is 31.1 Å². The highest BCUT2D eigenvalue weighted by Crippen LogP contribution is 2.17. The number of nitrogens with zero attached hydrogens (tertiary/aromatic N) is 4. The molecule has 1 aromatic carbocycles. The van der Waals surface area contributed by atoms with E-state index in [1.165, 1.54) is 27.8 Å². The molecule has 0 saturated carbocycles. The normalized spacial score (nSPS) is 11.1. The third kappa shape index (κ3) is 2.27. The lowest BCUT2D eigenvalue weighted by atomic mass is 10.1. The summed E-state index contributed by atoms with van der Waals surface area (Å²) in [5.74, 6) is -1.02. The van der Waals surface area contributed by atoms with Crippen molar-refractivity contribution < 1.29 is 9.90 Å². The van der Waals surface area contributed by atoms with Gasteiger partial charge in [0.1, 0.15) is 22.6 Å². The van der Waals surface area contributed by atoms with Crippen LogP contribution < -0.4 is 0 Å². The molecule has 3 aromatic rings. The molecule has 0 aliphatic heterocycles. The standard InChI is InChI=1S/C13H12N4O2S/c1-7-3-9-10(4-8(7)2)16-17(15-9)5-12-14-11(6-20-12)13(18)19/h3-4,6H,5H2,1-2H3,(H,18,19). The van der Waals surface area contributed by atoms with Crippen LogP contribution in [-0.2, 0) is 6.54 Å². The first-order valence-electron chi connectivity index (χ1n) is 6.03. The molecular weight excluding hydrogens is 276 g/mol. The molecule has 0 fully saturated rings. The lowest BCUT2D eigenvalue weighted by Gasteiger charge is -1.95. The van der Waals surface area contributed by atoms with Crippen LogP contribution >= 0.6 is 11.3 Å². The molecule has 0 saturated heterocycles. The zero-order valence-electron chi connectivity index (χ0n) is 11.0. The Morgan fingerprint density at radius 2 is 1.85 bits per heavy atom. The average molecular weight is 288 g/mol. The summed E-state index contributed by atoms with van der Waals surface area (Å²) in [6, 6.07) is 4.00. The second-order valence-corrected chi connectivity index (χ2v) is 5.53. The fourth-order valence-corrected chi connectivity index (χ4v) is 2.63. The molecule has 0 aliphatic carbocycles. The van der Waals surface area contributed by atoms with E-state index in [1.807, 2.05) is 26.0 Å². The third-order valence-electron chi connectivity index (χ3n) is 3.08. The predicted octanol–water partition coefficient (Wildman–Crippen LogP) is 2.25. The van der Waals surface area contributed by atoms with E-state index >= 15 is 0 Å². The quantitative estimate of drug-likeness (QED) is 0.799. The van der Waals surface area contributed by atoms with Crippen molar-refractivity contribution in [3.63, 3.8) is 0 Å². The van der Waals surface area contributed by atoms with Gasteiger partial charge in [-0.25, -0.2) is 9.78 Å². The van der Waals surface area contributed by atoms with Gasteiger partial charge in [-0.15, -0.1) is 11.3 Å². The summed E-state index contributed by atoms with van der Waals surface area (Å²) < 4.78 is 0. The van der Waals surface area contributed by atoms with Crippen LogP contribution in [0.25, 0.3) is 11.0 Å². The van der Waals surface area contributed by atoms with Gasteiger partial charge < -0.3 is 5.11 Å². The Labute approximate surface area is 118 Å². The molecule has 7 heteroatoms. The molecule has 2 aromatic heterocycles. The van der Waals surface area contributed by atoms with E-state index < -0.39 is 5.97 Å². The van der Waals surface area contributed by atoms with Crippen molar-refractivity contribution in [2.75, 3.05) is 0 Å². The molecule has 102 valence electrons. The van der Waals surface area contributed by atoms with Crippen LogP contribution in [0.1, 0.15) is 26.6 Å². The molecule has 1 N–H and O–H groups in total. The fourth-order valence-electron chi connectivity index (χ4n) is 1.89. The van der Waals surface area contributed by atoms with Crippen molar-refractivity contribution in [1.82, 2.24) is 20.0 Å². The van der Waals surface area contributed by atoms with E-state index in [-0.39, 0.29) is 5.69 Å². The molecule has 0 spiro atoms. The lowest BCUT2D eigenvalue weighted by Crippen LogP contribution is -2.04. The maximum Gasteiger partial charge on any atom is 0.355 e. The highest BCUT2D eigenvalue weighted by atomic mass is 32.1. The second-order valence-electron chi connectivity index (χ2n) is 4.59. The van der Waals surface area contributed by atoms with Gasteiger partial charge in [-0.2, -0.15) is 15.0 Å². The summed E-state index contributed by atoms with van der Waals surface area (Å²) in [4.78, 5) is 16.4. The molecule has 20 heavy (non-hydrogen) atoms. The number of thiazole rings is 1. The fraction of sp³-hybridized carbons (Fsp3) is 0.231. The van der Waals surface area contributed by atoms with Crippen molar-refractivity contribution >= 4 is 28.3 Å². The van der Waals surface area contributed by atoms with Gasteiger partial charge >= 0.3 is 5.97 Å². The summed E-state index contributed by atoms with van der Waals surface area (Å²) in [6.07, 6.45) is 0. The number of aryl methyl sites for hydroxylation is 2. The molecule has 6 nitrogen and oxygen atoms in total. The molecular formula is C13H12N4O2S. The van der Waals surface area contributed by atoms with Crippen LogP contribution in [0.3, 0.4) is 0 Å². The number of aromatic nitrogens is 4. The lowest BCUT2D eigenvalue weighted by molar-refractivity contribution is 0.0691. The summed E-state index contributed by atoms with van der Waals surface area (Å²) >= 11 is 1.30. The van der Waals surface area contributed by atoms with Crippen molar-refractivity contribution in [2.45, 2.75) is 20.4 Å². The Hall–Kier alpha value is -2.28. The number of aromatic carboxylic acids is 1. The molecule has 0 bridgehead atoms. The minimum atomic E-state index is -1.02. The monoisotopic (exact) mass is 288 g/mol. The molecule has 0 amide bonds. The molecule has 3 rings (SSSR count). The smallest absolute Gasteiger partial charge is 0.355 e. The number of hydrogen-bond donors (Lipinski definition) is 1. The van der Waals surface area contributed by atoms with Crippen molar-refractivity contribution in [2.24, 2.45) is 0 Å². The van der Waals surface area contributed by atoms with Crippen LogP contribution in [0.15, 0.2) is 17.5 Å². The van der Waals surface area contributed by atoms with Crippen LogP contribution in [0.4, 0.5) is 0 Å². The number of carbonyl (C=O) groups is 1. The zero-order chi connectivity index (χ0) is 14.3. The minimum absolute atomic E-state index is 0.0633. The van der Waals surface area contributed by atoms with Gasteiger partial charge in [0, 0.05) is 5.38 Å². The summed E-state index contributed by atoms with van der Waals surface area (Å²) in [5.41, 5.74) is 4.08. The first kappa shape index (κ1) is 12.7. The molecule has 0 atom stereocenters. The van der Waals surface area contributed by atoms with Gasteiger partial charge in [-0.3, -0.25) is 0 Å². The topological polar surface area (TPSA) is 80.9 Å². The van der Waals surface area contributed by atoms with E-state index in [0.29, 0.717) is 11.6 Å². The SMILES string of the molecule is Cc1cc2nn(Cc3nc(C(=O)O)cs3)nc2cc1C. The van der Waals surface area contributed by atoms with E-state index in [9.17, 15) is 4.79 Å². The van der Waals surface area contributed by atoms with Gasteiger partial charge in [0.15, 0.2) is 5.69 Å². The Morgan fingerprint density at radius 3 is 2.35 bits per heavy atom. The largest absolute Gasteiger partial charge is 0.476 e. The van der Waals surface area contributed by atoms with Gasteiger partial charge in [0.2, 0.25) is 0 Å². The van der Waals surface area contributed by atoms with E-state index in [2.05, 4.69) is 15.2 Å². The van der Waals surface area contributed by atoms with Crippen LogP contribution in [0.5, 0.6) is 0 Å². The Bertz CT molecular complexity index is 767. The Morgan fingerprint density at radius 1 is 1.25 bits per heavy atom. The minimum Gasteiger partial charge on any atom is -0.476 e. The van der Waals surface area contributed by atoms with E-state index in [1.54, 1.807) is 4.80 Å². The first-order valence-corrected chi connectivity index (χ1v) is 6.90. The van der Waals surface area contributed by atoms with Gasteiger partial charge in [0.05, 0.1) is 0 Å². The van der Waals surface area contributed by atoms with Crippen molar-refractivity contribution in [1.29, 1.82) is 0 Å². The van der Waals surface area contributed by atoms with E-state index in [4.69, 9.17) is 5.11 Å². The highest BCUT2D eigenvalue weighted by molar-refractivity contribution is 7.09. The summed E-state index contributed by atoms with van der Waals surface area (Å²) in [6.45, 7) is 4.45. The molecule has 0 radical (unpaired) electrons. The number of fused-ring (bicyclic) bond motifs is 1. The number of hydrogen-bond acceptors (Lipinski definition) is 5. The van der Waals surface area contributed by atoms with Gasteiger partial charge in [-0.05, 0) is 37.1 Å².